The molecule has 16 heavy (non-hydrogen) atoms. The highest BCUT2D eigenvalue weighted by atomic mass is 35.5. The predicted molar refractivity (Wildman–Crippen MR) is 63.2 cm³/mol. The molecule has 0 bridgehead atoms. The van der Waals surface area contributed by atoms with Gasteiger partial charge < -0.3 is 10.1 Å². The summed E-state index contributed by atoms with van der Waals surface area (Å²) in [6, 6.07) is 2.76. The van der Waals surface area contributed by atoms with Crippen molar-refractivity contribution >= 4 is 40.9 Å². The van der Waals surface area contributed by atoms with Crippen molar-refractivity contribution in [2.45, 2.75) is 6.04 Å². The molecule has 0 aliphatic heterocycles. The van der Waals surface area contributed by atoms with Gasteiger partial charge in [-0.25, -0.2) is 4.79 Å². The van der Waals surface area contributed by atoms with Crippen molar-refractivity contribution < 1.29 is 14.3 Å². The second-order valence-electron chi connectivity index (χ2n) is 2.78. The van der Waals surface area contributed by atoms with Gasteiger partial charge in [0, 0.05) is 16.0 Å². The van der Waals surface area contributed by atoms with E-state index < -0.39 is 12.0 Å². The lowest BCUT2D eigenvalue weighted by molar-refractivity contribution is -0.142. The SMILES string of the molecule is COC(=O)C(NC=O)/C(=C\Cl)c1cccs1. The van der Waals surface area contributed by atoms with E-state index in [9.17, 15) is 9.59 Å². The Balaban J connectivity index is 3.00. The standard InChI is InChI=1S/C10H10ClNO3S/c1-15-10(14)9(12-6-13)7(5-11)8-3-2-4-16-8/h2-6,9H,1H3,(H,12,13)/b7-5-. The lowest BCUT2D eigenvalue weighted by Crippen LogP contribution is -2.37. The number of hydrogen-bond donors (Lipinski definition) is 1. The number of carbonyl (C=O) groups excluding carboxylic acids is 2. The van der Waals surface area contributed by atoms with Gasteiger partial charge in [0.05, 0.1) is 7.11 Å². The lowest BCUT2D eigenvalue weighted by atomic mass is 10.1. The van der Waals surface area contributed by atoms with E-state index in [-0.39, 0.29) is 0 Å². The first-order valence-corrected chi connectivity index (χ1v) is 5.68. The Labute approximate surface area is 102 Å². The van der Waals surface area contributed by atoms with Gasteiger partial charge in [0.15, 0.2) is 6.04 Å². The van der Waals surface area contributed by atoms with Crippen LogP contribution in [0.4, 0.5) is 0 Å². The molecule has 0 spiro atoms. The summed E-state index contributed by atoms with van der Waals surface area (Å²) in [6.07, 6.45) is 0.440. The smallest absolute Gasteiger partial charge is 0.333 e. The van der Waals surface area contributed by atoms with E-state index in [2.05, 4.69) is 10.1 Å². The molecular formula is C10H10ClNO3S. The molecule has 0 aromatic carbocycles. The zero-order chi connectivity index (χ0) is 12.0. The van der Waals surface area contributed by atoms with Gasteiger partial charge in [0.25, 0.3) is 0 Å². The molecule has 0 saturated heterocycles. The van der Waals surface area contributed by atoms with Crippen molar-refractivity contribution in [3.05, 3.63) is 27.9 Å². The molecule has 4 nitrogen and oxygen atoms in total. The number of methoxy groups -OCH3 is 1. The average Bonchev–Trinajstić information content (AvgIpc) is 2.81. The van der Waals surface area contributed by atoms with E-state index in [1.54, 1.807) is 6.07 Å². The second kappa shape index (κ2) is 6.30. The third-order valence-electron chi connectivity index (χ3n) is 1.91. The average molecular weight is 260 g/mol. The van der Waals surface area contributed by atoms with Gasteiger partial charge in [-0.05, 0) is 11.4 Å². The van der Waals surface area contributed by atoms with Crippen molar-refractivity contribution in [3.8, 4) is 0 Å². The first-order valence-electron chi connectivity index (χ1n) is 4.36. The van der Waals surface area contributed by atoms with Crippen molar-refractivity contribution in [2.24, 2.45) is 0 Å². The maximum Gasteiger partial charge on any atom is 0.333 e. The number of hydrogen-bond acceptors (Lipinski definition) is 4. The number of halogens is 1. The summed E-state index contributed by atoms with van der Waals surface area (Å²) in [5.41, 5.74) is 1.78. The minimum Gasteiger partial charge on any atom is -0.467 e. The molecule has 1 aromatic rings. The van der Waals surface area contributed by atoms with Crippen LogP contribution in [0.2, 0.25) is 0 Å². The molecule has 1 heterocycles. The van der Waals surface area contributed by atoms with Gasteiger partial charge in [-0.1, -0.05) is 17.7 Å². The van der Waals surface area contributed by atoms with Crippen molar-refractivity contribution in [1.29, 1.82) is 0 Å². The molecule has 1 N–H and O–H groups in total. The third kappa shape index (κ3) is 2.84. The number of amides is 1. The van der Waals surface area contributed by atoms with Crippen LogP contribution in [-0.4, -0.2) is 25.5 Å². The van der Waals surface area contributed by atoms with E-state index in [1.807, 2.05) is 11.4 Å². The molecule has 0 aliphatic carbocycles. The zero-order valence-corrected chi connectivity index (χ0v) is 10.0. The molecule has 1 atom stereocenters. The van der Waals surface area contributed by atoms with E-state index >= 15 is 0 Å². The van der Waals surface area contributed by atoms with E-state index in [0.29, 0.717) is 12.0 Å². The largest absolute Gasteiger partial charge is 0.467 e. The van der Waals surface area contributed by atoms with Crippen molar-refractivity contribution in [2.75, 3.05) is 7.11 Å². The Morgan fingerprint density at radius 2 is 2.44 bits per heavy atom. The highest BCUT2D eigenvalue weighted by molar-refractivity contribution is 7.11. The van der Waals surface area contributed by atoms with Crippen LogP contribution in [0.25, 0.3) is 5.57 Å². The number of nitrogens with one attached hydrogen (secondary N) is 1. The molecule has 1 unspecified atom stereocenters. The maximum absolute atomic E-state index is 11.5. The molecule has 6 heteroatoms. The fourth-order valence-corrected chi connectivity index (χ4v) is 2.25. The Bertz CT molecular complexity index is 389. The predicted octanol–water partition coefficient (Wildman–Crippen LogP) is 1.62. The van der Waals surface area contributed by atoms with Crippen LogP contribution in [0.15, 0.2) is 23.0 Å². The fourth-order valence-electron chi connectivity index (χ4n) is 1.17. The summed E-state index contributed by atoms with van der Waals surface area (Å²) in [5, 5.41) is 4.22. The summed E-state index contributed by atoms with van der Waals surface area (Å²) >= 11 is 7.09. The van der Waals surface area contributed by atoms with Crippen LogP contribution < -0.4 is 5.32 Å². The highest BCUT2D eigenvalue weighted by Gasteiger charge is 2.24. The van der Waals surface area contributed by atoms with Crippen molar-refractivity contribution in [1.82, 2.24) is 5.32 Å². The van der Waals surface area contributed by atoms with Gasteiger partial charge in [-0.2, -0.15) is 0 Å². The summed E-state index contributed by atoms with van der Waals surface area (Å²) in [4.78, 5) is 22.7. The molecular weight excluding hydrogens is 250 g/mol. The van der Waals surface area contributed by atoms with Gasteiger partial charge in [-0.15, -0.1) is 11.3 Å². The van der Waals surface area contributed by atoms with Crippen LogP contribution in [0.5, 0.6) is 0 Å². The van der Waals surface area contributed by atoms with Gasteiger partial charge >= 0.3 is 5.97 Å². The first-order chi connectivity index (χ1) is 7.74. The molecule has 0 aliphatic rings. The molecule has 0 saturated carbocycles. The van der Waals surface area contributed by atoms with Crippen LogP contribution in [0.3, 0.4) is 0 Å². The quantitative estimate of drug-likeness (QED) is 0.646. The topological polar surface area (TPSA) is 55.4 Å². The normalized spacial score (nSPS) is 13.0. The molecule has 1 aromatic heterocycles. The number of rotatable bonds is 5. The number of ether oxygens (including phenoxy) is 1. The van der Waals surface area contributed by atoms with E-state index in [1.165, 1.54) is 24.0 Å². The zero-order valence-electron chi connectivity index (χ0n) is 8.48. The molecule has 1 rings (SSSR count). The van der Waals surface area contributed by atoms with Gasteiger partial charge in [0.1, 0.15) is 0 Å². The van der Waals surface area contributed by atoms with Crippen LogP contribution in [0.1, 0.15) is 4.88 Å². The molecule has 86 valence electrons. The third-order valence-corrected chi connectivity index (χ3v) is 3.06. The Morgan fingerprint density at radius 1 is 1.69 bits per heavy atom. The first kappa shape index (κ1) is 12.7. The summed E-state index contributed by atoms with van der Waals surface area (Å²) in [7, 11) is 1.25. The second-order valence-corrected chi connectivity index (χ2v) is 3.95. The summed E-state index contributed by atoms with van der Waals surface area (Å²) in [5.74, 6) is -0.563. The summed E-state index contributed by atoms with van der Waals surface area (Å²) < 4.78 is 4.59. The van der Waals surface area contributed by atoms with Crippen LogP contribution in [0, 0.1) is 0 Å². The monoisotopic (exact) mass is 259 g/mol. The Hall–Kier alpha value is -1.33. The minimum atomic E-state index is -0.876. The lowest BCUT2D eigenvalue weighted by Gasteiger charge is -2.15. The number of carbonyl (C=O) groups is 2. The van der Waals surface area contributed by atoms with Crippen LogP contribution >= 0.6 is 22.9 Å². The molecule has 0 radical (unpaired) electrons. The molecule has 1 amide bonds. The minimum absolute atomic E-state index is 0.440. The van der Waals surface area contributed by atoms with Crippen LogP contribution in [-0.2, 0) is 14.3 Å². The van der Waals surface area contributed by atoms with Gasteiger partial charge in [0.2, 0.25) is 6.41 Å². The summed E-state index contributed by atoms with van der Waals surface area (Å²) in [6.45, 7) is 0. The molecule has 0 fully saturated rings. The Kier molecular flexibility index (Phi) is 5.01. The van der Waals surface area contributed by atoms with Gasteiger partial charge in [-0.3, -0.25) is 4.79 Å². The van der Waals surface area contributed by atoms with E-state index in [4.69, 9.17) is 11.6 Å². The van der Waals surface area contributed by atoms with Crippen molar-refractivity contribution in [3.63, 3.8) is 0 Å². The Morgan fingerprint density at radius 3 is 2.88 bits per heavy atom. The number of thiophene rings is 1. The maximum atomic E-state index is 11.5. The highest BCUT2D eigenvalue weighted by Crippen LogP contribution is 2.24. The fraction of sp³-hybridized carbons (Fsp3) is 0.200. The van der Waals surface area contributed by atoms with E-state index in [0.717, 1.165) is 4.88 Å². The number of esters is 1.